The number of anilines is 1. The zero-order chi connectivity index (χ0) is 23.0. The number of halogens is 1. The summed E-state index contributed by atoms with van der Waals surface area (Å²) >= 11 is 1.58. The maximum absolute atomic E-state index is 14.1. The predicted molar refractivity (Wildman–Crippen MR) is 125 cm³/mol. The van der Waals surface area contributed by atoms with Gasteiger partial charge in [-0.25, -0.2) is 4.39 Å². The minimum Gasteiger partial charge on any atom is -0.490 e. The van der Waals surface area contributed by atoms with E-state index in [1.165, 1.54) is 6.07 Å². The fraction of sp³-hybridized carbons (Fsp3) is 0.667. The van der Waals surface area contributed by atoms with E-state index in [0.29, 0.717) is 38.4 Å². The van der Waals surface area contributed by atoms with E-state index in [2.05, 4.69) is 20.0 Å². The lowest BCUT2D eigenvalue weighted by Crippen LogP contribution is -2.62. The number of hydrogen-bond acceptors (Lipinski definition) is 9. The van der Waals surface area contributed by atoms with Gasteiger partial charge in [-0.05, 0) is 56.5 Å². The summed E-state index contributed by atoms with van der Waals surface area (Å²) in [6, 6.07) is 5.34. The molecule has 4 saturated heterocycles. The highest BCUT2D eigenvalue weighted by atomic mass is 32.1. The number of piperidine rings is 1. The quantitative estimate of drug-likeness (QED) is 0.612. The molecule has 4 aliphatic heterocycles. The summed E-state index contributed by atoms with van der Waals surface area (Å²) < 4.78 is 37.7. The van der Waals surface area contributed by atoms with Crippen LogP contribution in [0, 0.1) is 5.82 Å². The highest BCUT2D eigenvalue weighted by molar-refractivity contribution is 7.13. The van der Waals surface area contributed by atoms with E-state index in [1.54, 1.807) is 29.0 Å². The van der Waals surface area contributed by atoms with Crippen molar-refractivity contribution in [2.24, 2.45) is 0 Å². The molecule has 34 heavy (non-hydrogen) atoms. The first-order chi connectivity index (χ1) is 16.7. The summed E-state index contributed by atoms with van der Waals surface area (Å²) in [6.07, 6.45) is 2.97. The number of hydrogen-bond donors (Lipinski definition) is 0. The van der Waals surface area contributed by atoms with Crippen LogP contribution in [0.1, 0.15) is 30.7 Å². The Morgan fingerprint density at radius 1 is 1.18 bits per heavy atom. The molecule has 2 aromatic rings. The van der Waals surface area contributed by atoms with Crippen molar-refractivity contribution in [1.82, 2.24) is 15.1 Å². The second-order valence-corrected chi connectivity index (χ2v) is 10.6. The van der Waals surface area contributed by atoms with E-state index in [-0.39, 0.29) is 17.5 Å². The number of likely N-dealkylation sites (tertiary alicyclic amines) is 1. The van der Waals surface area contributed by atoms with Gasteiger partial charge in [-0.1, -0.05) is 11.3 Å². The summed E-state index contributed by atoms with van der Waals surface area (Å²) in [5.41, 5.74) is 2.71. The Morgan fingerprint density at radius 3 is 2.82 bits per heavy atom. The molecule has 0 radical (unpaired) electrons. The van der Waals surface area contributed by atoms with Crippen molar-refractivity contribution >= 4 is 16.5 Å². The number of ether oxygens (including phenoxy) is 4. The molecule has 0 bridgehead atoms. The first kappa shape index (κ1) is 22.6. The van der Waals surface area contributed by atoms with Gasteiger partial charge in [0.15, 0.2) is 0 Å². The lowest BCUT2D eigenvalue weighted by atomic mass is 9.86. The smallest absolute Gasteiger partial charge is 0.208 e. The fourth-order valence-electron chi connectivity index (χ4n) is 5.73. The zero-order valence-corrected chi connectivity index (χ0v) is 20.1. The molecule has 8 nitrogen and oxygen atoms in total. The molecule has 0 N–H and O–H groups in total. The summed E-state index contributed by atoms with van der Waals surface area (Å²) in [6.45, 7) is 6.75. The lowest BCUT2D eigenvalue weighted by Gasteiger charge is -2.47. The molecule has 0 amide bonds. The van der Waals surface area contributed by atoms with Gasteiger partial charge in [0.2, 0.25) is 5.13 Å². The van der Waals surface area contributed by atoms with Crippen LogP contribution in [-0.2, 0) is 14.2 Å². The highest BCUT2D eigenvalue weighted by Crippen LogP contribution is 2.41. The van der Waals surface area contributed by atoms with Crippen LogP contribution in [0.5, 0.6) is 5.75 Å². The van der Waals surface area contributed by atoms with Crippen LogP contribution in [0.3, 0.4) is 0 Å². The van der Waals surface area contributed by atoms with Gasteiger partial charge < -0.3 is 23.8 Å². The molecule has 6 rings (SSSR count). The number of rotatable bonds is 6. The Hall–Kier alpha value is -1.85. The summed E-state index contributed by atoms with van der Waals surface area (Å²) in [5.74, 6) is 0.847. The highest BCUT2D eigenvalue weighted by Gasteiger charge is 2.51. The van der Waals surface area contributed by atoms with E-state index in [1.807, 2.05) is 0 Å². The lowest BCUT2D eigenvalue weighted by molar-refractivity contribution is -0.101. The zero-order valence-electron chi connectivity index (χ0n) is 19.2. The third-order valence-electron chi connectivity index (χ3n) is 7.53. The number of nitrogens with zero attached hydrogens (tertiary/aromatic N) is 4. The summed E-state index contributed by atoms with van der Waals surface area (Å²) in [7, 11) is 0. The standard InChI is InChI=1S/C24H31FN4O4S/c25-18-1-2-22(32-13-20-12-30-7-8-31-20)21(9-18)17-3-5-28(6-4-17)19-10-24(33-11-19)14-29(15-24)23-27-26-16-34-23/h1-2,9,16-17,19-20H,3-8,10-15H2/t19-,20+/m0/s1. The van der Waals surface area contributed by atoms with Gasteiger partial charge in [-0.2, -0.15) is 0 Å². The molecule has 1 spiro atoms. The van der Waals surface area contributed by atoms with Gasteiger partial charge in [0.25, 0.3) is 0 Å². The molecule has 4 aliphatic rings. The van der Waals surface area contributed by atoms with Gasteiger partial charge in [0.1, 0.15) is 35.4 Å². The minimum absolute atomic E-state index is 0.0400. The molecule has 5 heterocycles. The predicted octanol–water partition coefficient (Wildman–Crippen LogP) is 2.70. The van der Waals surface area contributed by atoms with Crippen LogP contribution in [-0.4, -0.2) is 92.1 Å². The van der Waals surface area contributed by atoms with Gasteiger partial charge in [-0.15, -0.1) is 10.2 Å². The monoisotopic (exact) mass is 490 g/mol. The molecule has 0 aliphatic carbocycles. The second kappa shape index (κ2) is 9.66. The maximum atomic E-state index is 14.1. The van der Waals surface area contributed by atoms with Crippen molar-refractivity contribution in [3.63, 3.8) is 0 Å². The molecular formula is C24H31FN4O4S. The molecule has 184 valence electrons. The number of benzene rings is 1. The normalized spacial score (nSPS) is 27.7. The van der Waals surface area contributed by atoms with E-state index in [4.69, 9.17) is 18.9 Å². The average molecular weight is 491 g/mol. The van der Waals surface area contributed by atoms with Crippen LogP contribution in [0.25, 0.3) is 0 Å². The van der Waals surface area contributed by atoms with Crippen molar-refractivity contribution in [2.45, 2.75) is 42.9 Å². The topological polar surface area (TPSA) is 69.2 Å². The van der Waals surface area contributed by atoms with Gasteiger partial charge >= 0.3 is 0 Å². The molecular weight excluding hydrogens is 459 g/mol. The third-order valence-corrected chi connectivity index (χ3v) is 8.28. The molecule has 4 fully saturated rings. The molecule has 0 unspecified atom stereocenters. The molecule has 0 saturated carbocycles. The molecule has 2 atom stereocenters. The Balaban J connectivity index is 1.03. The molecule has 1 aromatic heterocycles. The van der Waals surface area contributed by atoms with Crippen LogP contribution in [0.4, 0.5) is 9.52 Å². The van der Waals surface area contributed by atoms with E-state index in [9.17, 15) is 4.39 Å². The summed E-state index contributed by atoms with van der Waals surface area (Å²) in [4.78, 5) is 4.81. The van der Waals surface area contributed by atoms with Crippen molar-refractivity contribution in [2.75, 3.05) is 64.1 Å². The van der Waals surface area contributed by atoms with Crippen molar-refractivity contribution in [3.8, 4) is 5.75 Å². The SMILES string of the molecule is Fc1ccc(OC[C@H]2COCCO2)c(C2CCN([C@@H]3COC4(C3)CN(c3nncs3)C4)CC2)c1. The number of aromatic nitrogens is 2. The Morgan fingerprint density at radius 2 is 2.06 bits per heavy atom. The Bertz CT molecular complexity index is 960. The van der Waals surface area contributed by atoms with E-state index >= 15 is 0 Å². The van der Waals surface area contributed by atoms with Crippen molar-refractivity contribution < 1.29 is 23.3 Å². The van der Waals surface area contributed by atoms with E-state index < -0.39 is 0 Å². The second-order valence-electron chi connectivity index (χ2n) is 9.80. The van der Waals surface area contributed by atoms with Gasteiger partial charge in [0, 0.05) is 11.6 Å². The first-order valence-electron chi connectivity index (χ1n) is 12.2. The van der Waals surface area contributed by atoms with Gasteiger partial charge in [0.05, 0.1) is 39.5 Å². The van der Waals surface area contributed by atoms with Crippen LogP contribution in [0.15, 0.2) is 23.7 Å². The largest absolute Gasteiger partial charge is 0.490 e. The molecule has 1 aromatic carbocycles. The Labute approximate surface area is 202 Å². The Kier molecular flexibility index (Phi) is 6.42. The minimum atomic E-state index is -0.210. The van der Waals surface area contributed by atoms with Crippen molar-refractivity contribution in [1.29, 1.82) is 0 Å². The summed E-state index contributed by atoms with van der Waals surface area (Å²) in [5, 5.41) is 9.09. The average Bonchev–Trinajstić information content (AvgIpc) is 3.54. The fourth-order valence-corrected chi connectivity index (χ4v) is 6.29. The van der Waals surface area contributed by atoms with Crippen LogP contribution >= 0.6 is 11.3 Å². The van der Waals surface area contributed by atoms with E-state index in [0.717, 1.165) is 68.5 Å². The molecule has 10 heteroatoms. The maximum Gasteiger partial charge on any atom is 0.208 e. The third kappa shape index (κ3) is 4.66. The van der Waals surface area contributed by atoms with Crippen LogP contribution < -0.4 is 9.64 Å². The van der Waals surface area contributed by atoms with Gasteiger partial charge in [-0.3, -0.25) is 4.90 Å². The van der Waals surface area contributed by atoms with Crippen LogP contribution in [0.2, 0.25) is 0 Å². The van der Waals surface area contributed by atoms with Crippen molar-refractivity contribution in [3.05, 3.63) is 35.1 Å². The first-order valence-corrected chi connectivity index (χ1v) is 13.1.